The zero-order chi connectivity index (χ0) is 15.3. The van der Waals surface area contributed by atoms with Crippen LogP contribution in [0.25, 0.3) is 0 Å². The van der Waals surface area contributed by atoms with Crippen LogP contribution in [-0.4, -0.2) is 29.8 Å². The second kappa shape index (κ2) is 6.17. The Hall–Kier alpha value is -2.12. The third-order valence-electron chi connectivity index (χ3n) is 1.53. The molecule has 0 aromatic heterocycles. The maximum absolute atomic E-state index is 12.2. The minimum absolute atomic E-state index is 0.831. The molecule has 0 spiro atoms. The number of nitriles is 1. The summed E-state index contributed by atoms with van der Waals surface area (Å²) in [7, 11) is 0. The molecule has 0 saturated carbocycles. The second-order valence-electron chi connectivity index (χ2n) is 3.02. The highest BCUT2D eigenvalue weighted by molar-refractivity contribution is 6.06. The summed E-state index contributed by atoms with van der Waals surface area (Å²) in [5.74, 6) is -3.90. The van der Waals surface area contributed by atoms with Crippen molar-refractivity contribution in [2.24, 2.45) is 5.10 Å². The highest BCUT2D eigenvalue weighted by Gasteiger charge is 2.45. The van der Waals surface area contributed by atoms with E-state index in [1.165, 1.54) is 11.5 Å². The van der Waals surface area contributed by atoms with Crippen LogP contribution in [0.4, 0.5) is 26.3 Å². The molecular weight excluding hydrogens is 284 g/mol. The molecule has 1 amide bonds. The fourth-order valence-electron chi connectivity index (χ4n) is 0.697. The lowest BCUT2D eigenvalue weighted by Crippen LogP contribution is -2.34. The summed E-state index contributed by atoms with van der Waals surface area (Å²) in [4.78, 5) is 21.1. The lowest BCUT2D eigenvalue weighted by atomic mass is 10.2. The average molecular weight is 289 g/mol. The molecule has 11 heteroatoms. The van der Waals surface area contributed by atoms with Gasteiger partial charge in [0, 0.05) is 0 Å². The molecule has 0 aromatic rings. The van der Waals surface area contributed by atoms with Crippen LogP contribution in [-0.2, 0) is 9.59 Å². The van der Waals surface area contributed by atoms with Crippen LogP contribution < -0.4 is 5.43 Å². The first kappa shape index (κ1) is 16.9. The first-order valence-electron chi connectivity index (χ1n) is 4.38. The number of nitrogens with one attached hydrogen (secondary N) is 1. The van der Waals surface area contributed by atoms with Gasteiger partial charge in [0.2, 0.25) is 5.78 Å². The smallest absolute Gasteiger partial charge is 0.289 e. The molecule has 0 unspecified atom stereocenters. The van der Waals surface area contributed by atoms with E-state index in [4.69, 9.17) is 5.26 Å². The third-order valence-corrected chi connectivity index (χ3v) is 1.53. The molecule has 0 fully saturated rings. The van der Waals surface area contributed by atoms with Crippen LogP contribution in [0.2, 0.25) is 0 Å². The predicted molar refractivity (Wildman–Crippen MR) is 47.5 cm³/mol. The van der Waals surface area contributed by atoms with Crippen LogP contribution in [0, 0.1) is 11.3 Å². The van der Waals surface area contributed by atoms with Gasteiger partial charge in [-0.3, -0.25) is 9.59 Å². The Balaban J connectivity index is 4.96. The van der Waals surface area contributed by atoms with Crippen LogP contribution in [0.15, 0.2) is 5.10 Å². The molecular formula is C8H5F6N3O2. The van der Waals surface area contributed by atoms with Gasteiger partial charge in [-0.2, -0.15) is 36.7 Å². The summed E-state index contributed by atoms with van der Waals surface area (Å²) in [6.45, 7) is 0. The van der Waals surface area contributed by atoms with Gasteiger partial charge in [-0.05, 0) is 0 Å². The van der Waals surface area contributed by atoms with Crippen molar-refractivity contribution >= 4 is 17.4 Å². The summed E-state index contributed by atoms with van der Waals surface area (Å²) in [6.07, 6.45) is -13.6. The van der Waals surface area contributed by atoms with E-state index in [0.29, 0.717) is 0 Å². The van der Waals surface area contributed by atoms with Crippen molar-refractivity contribution in [3.63, 3.8) is 0 Å². The quantitative estimate of drug-likeness (QED) is 0.483. The zero-order valence-corrected chi connectivity index (χ0v) is 8.89. The van der Waals surface area contributed by atoms with Gasteiger partial charge >= 0.3 is 12.4 Å². The van der Waals surface area contributed by atoms with E-state index in [2.05, 4.69) is 5.10 Å². The Labute approximate surface area is 101 Å². The van der Waals surface area contributed by atoms with Gasteiger partial charge < -0.3 is 0 Å². The molecule has 0 rings (SSSR count). The van der Waals surface area contributed by atoms with E-state index in [1.54, 1.807) is 0 Å². The molecule has 1 N–H and O–H groups in total. The van der Waals surface area contributed by atoms with Crippen molar-refractivity contribution in [3.8, 4) is 6.07 Å². The van der Waals surface area contributed by atoms with E-state index in [0.717, 1.165) is 0 Å². The molecule has 0 saturated heterocycles. The van der Waals surface area contributed by atoms with Gasteiger partial charge in [0.15, 0.2) is 0 Å². The van der Waals surface area contributed by atoms with Gasteiger partial charge in [-0.25, -0.2) is 5.43 Å². The third kappa shape index (κ3) is 6.39. The SMILES string of the molecule is N#CCC(=O)N/N=C(\CC(=O)C(F)(F)F)C(F)(F)F. The molecule has 0 aliphatic heterocycles. The number of carbonyl (C=O) groups excluding carboxylic acids is 2. The predicted octanol–water partition coefficient (Wildman–Crippen LogP) is 1.46. The van der Waals surface area contributed by atoms with E-state index < -0.39 is 42.6 Å². The fraction of sp³-hybridized carbons (Fsp3) is 0.500. The van der Waals surface area contributed by atoms with Crippen LogP contribution >= 0.6 is 0 Å². The topological polar surface area (TPSA) is 82.3 Å². The molecule has 0 aliphatic rings. The molecule has 0 heterocycles. The van der Waals surface area contributed by atoms with Crippen molar-refractivity contribution in [2.45, 2.75) is 25.2 Å². The molecule has 19 heavy (non-hydrogen) atoms. The van der Waals surface area contributed by atoms with Crippen LogP contribution in [0.5, 0.6) is 0 Å². The maximum atomic E-state index is 12.2. The number of amides is 1. The molecule has 5 nitrogen and oxygen atoms in total. The van der Waals surface area contributed by atoms with Crippen molar-refractivity contribution < 1.29 is 35.9 Å². The highest BCUT2D eigenvalue weighted by atomic mass is 19.4. The van der Waals surface area contributed by atoms with E-state index in [-0.39, 0.29) is 0 Å². The first-order chi connectivity index (χ1) is 8.48. The number of alkyl halides is 6. The number of hydrogen-bond donors (Lipinski definition) is 1. The molecule has 0 aromatic carbocycles. The minimum atomic E-state index is -5.44. The standard InChI is InChI=1S/C8H5F6N3O2/c9-7(10,11)4(3-5(18)8(12,13)14)16-17-6(19)1-2-15/h1,3H2,(H,17,19)/b16-4+. The first-order valence-corrected chi connectivity index (χ1v) is 4.38. The molecule has 0 atom stereocenters. The van der Waals surface area contributed by atoms with E-state index in [1.807, 2.05) is 0 Å². The molecule has 0 bridgehead atoms. The Kier molecular flexibility index (Phi) is 5.48. The van der Waals surface area contributed by atoms with Gasteiger partial charge in [0.25, 0.3) is 5.91 Å². The van der Waals surface area contributed by atoms with Gasteiger partial charge in [-0.15, -0.1) is 0 Å². The van der Waals surface area contributed by atoms with Crippen LogP contribution in [0.1, 0.15) is 12.8 Å². The highest BCUT2D eigenvalue weighted by Crippen LogP contribution is 2.24. The number of Topliss-reactive ketones (excluding diaryl/α,β-unsaturated/α-hetero) is 1. The Morgan fingerprint density at radius 2 is 1.63 bits per heavy atom. The van der Waals surface area contributed by atoms with Crippen molar-refractivity contribution in [2.75, 3.05) is 0 Å². The fourth-order valence-corrected chi connectivity index (χ4v) is 0.697. The molecule has 106 valence electrons. The van der Waals surface area contributed by atoms with E-state index in [9.17, 15) is 35.9 Å². The van der Waals surface area contributed by atoms with Gasteiger partial charge in [-0.1, -0.05) is 0 Å². The molecule has 0 aliphatic carbocycles. The average Bonchev–Trinajstić information content (AvgIpc) is 2.21. The lowest BCUT2D eigenvalue weighted by molar-refractivity contribution is -0.170. The Bertz CT molecular complexity index is 431. The monoisotopic (exact) mass is 289 g/mol. The number of hydrazone groups is 1. The summed E-state index contributed by atoms with van der Waals surface area (Å²) >= 11 is 0. The number of hydrogen-bond acceptors (Lipinski definition) is 4. The van der Waals surface area contributed by atoms with Gasteiger partial charge in [0.1, 0.15) is 12.1 Å². The lowest BCUT2D eigenvalue weighted by Gasteiger charge is -2.11. The summed E-state index contributed by atoms with van der Waals surface area (Å²) in [6, 6.07) is 1.29. The zero-order valence-electron chi connectivity index (χ0n) is 8.89. The number of halogens is 6. The van der Waals surface area contributed by atoms with Crippen molar-refractivity contribution in [3.05, 3.63) is 0 Å². The maximum Gasteiger partial charge on any atom is 0.450 e. The minimum Gasteiger partial charge on any atom is -0.289 e. The number of nitrogens with zero attached hydrogens (tertiary/aromatic N) is 2. The number of carbonyl (C=O) groups is 2. The normalized spacial score (nSPS) is 12.8. The Morgan fingerprint density at radius 3 is 2.00 bits per heavy atom. The largest absolute Gasteiger partial charge is 0.450 e. The Morgan fingerprint density at radius 1 is 1.11 bits per heavy atom. The molecule has 0 radical (unpaired) electrons. The van der Waals surface area contributed by atoms with E-state index >= 15 is 0 Å². The van der Waals surface area contributed by atoms with Crippen molar-refractivity contribution in [1.29, 1.82) is 5.26 Å². The summed E-state index contributed by atoms with van der Waals surface area (Å²) in [5.41, 5.74) is -0.876. The number of ketones is 1. The second-order valence-corrected chi connectivity index (χ2v) is 3.02. The van der Waals surface area contributed by atoms with Crippen molar-refractivity contribution in [1.82, 2.24) is 5.43 Å². The summed E-state index contributed by atoms with van der Waals surface area (Å²) in [5, 5.41) is 10.4. The van der Waals surface area contributed by atoms with Crippen LogP contribution in [0.3, 0.4) is 0 Å². The summed E-state index contributed by atoms with van der Waals surface area (Å²) < 4.78 is 72.2. The van der Waals surface area contributed by atoms with Gasteiger partial charge in [0.05, 0.1) is 12.5 Å². The number of rotatable bonds is 4.